The second-order valence-corrected chi connectivity index (χ2v) is 3.59. The average molecular weight is 155 g/mol. The third-order valence-electron chi connectivity index (χ3n) is 2.40. The number of carbonyl (C=O) groups excluding carboxylic acids is 1. The largest absolute Gasteiger partial charge is 0.330 e. The van der Waals surface area contributed by atoms with Gasteiger partial charge in [0, 0.05) is 18.9 Å². The monoisotopic (exact) mass is 155 g/mol. The molecule has 0 amide bonds. The van der Waals surface area contributed by atoms with Crippen LogP contribution in [0.3, 0.4) is 0 Å². The Morgan fingerprint density at radius 3 is 2.73 bits per heavy atom. The number of hydrogen-bond acceptors (Lipinski definition) is 2. The van der Waals surface area contributed by atoms with Crippen molar-refractivity contribution in [2.24, 2.45) is 17.6 Å². The molecule has 1 atom stereocenters. The van der Waals surface area contributed by atoms with Gasteiger partial charge in [0.2, 0.25) is 0 Å². The minimum atomic E-state index is 0.0775. The molecule has 0 aliphatic heterocycles. The molecule has 1 aliphatic rings. The molecule has 1 rings (SSSR count). The van der Waals surface area contributed by atoms with Crippen molar-refractivity contribution in [2.45, 2.75) is 32.6 Å². The van der Waals surface area contributed by atoms with Crippen LogP contribution in [0.15, 0.2) is 0 Å². The van der Waals surface area contributed by atoms with Crippen LogP contribution in [0.2, 0.25) is 0 Å². The smallest absolute Gasteiger partial charge is 0.136 e. The molecule has 2 nitrogen and oxygen atoms in total. The van der Waals surface area contributed by atoms with Gasteiger partial charge in [-0.15, -0.1) is 0 Å². The van der Waals surface area contributed by atoms with Gasteiger partial charge in [0.25, 0.3) is 0 Å². The first kappa shape index (κ1) is 8.72. The average Bonchev–Trinajstić information content (AvgIpc) is 2.81. The fourth-order valence-corrected chi connectivity index (χ4v) is 1.13. The van der Waals surface area contributed by atoms with Crippen molar-refractivity contribution in [1.29, 1.82) is 0 Å². The summed E-state index contributed by atoms with van der Waals surface area (Å²) >= 11 is 0. The number of carbonyl (C=O) groups is 1. The Morgan fingerprint density at radius 1 is 1.64 bits per heavy atom. The van der Waals surface area contributed by atoms with Crippen LogP contribution in [0, 0.1) is 11.8 Å². The van der Waals surface area contributed by atoms with E-state index in [4.69, 9.17) is 5.73 Å². The molecule has 0 bridgehead atoms. The van der Waals surface area contributed by atoms with Gasteiger partial charge in [0.05, 0.1) is 0 Å². The maximum atomic E-state index is 11.2. The predicted molar refractivity (Wildman–Crippen MR) is 45.2 cm³/mol. The normalized spacial score (nSPS) is 19.8. The van der Waals surface area contributed by atoms with Gasteiger partial charge in [-0.05, 0) is 12.3 Å². The van der Waals surface area contributed by atoms with E-state index in [2.05, 4.69) is 0 Å². The highest BCUT2D eigenvalue weighted by Gasteiger charge is 2.22. The van der Waals surface area contributed by atoms with Gasteiger partial charge < -0.3 is 5.73 Å². The molecular formula is C9H17NO. The third-order valence-corrected chi connectivity index (χ3v) is 2.40. The number of ketones is 1. The van der Waals surface area contributed by atoms with Crippen LogP contribution < -0.4 is 5.73 Å². The summed E-state index contributed by atoms with van der Waals surface area (Å²) in [4.78, 5) is 11.2. The molecule has 0 saturated heterocycles. The molecular weight excluding hydrogens is 138 g/mol. The topological polar surface area (TPSA) is 43.1 Å². The number of rotatable bonds is 5. The molecule has 64 valence electrons. The molecule has 0 aromatic carbocycles. The highest BCUT2D eigenvalue weighted by molar-refractivity contribution is 5.80. The molecule has 0 heterocycles. The van der Waals surface area contributed by atoms with Crippen LogP contribution in [0.1, 0.15) is 32.6 Å². The molecule has 1 aliphatic carbocycles. The Labute approximate surface area is 68.2 Å². The van der Waals surface area contributed by atoms with E-state index >= 15 is 0 Å². The first-order valence-corrected chi connectivity index (χ1v) is 4.46. The van der Waals surface area contributed by atoms with Crippen LogP contribution in [-0.4, -0.2) is 12.3 Å². The number of nitrogens with two attached hydrogens (primary N) is 1. The lowest BCUT2D eigenvalue weighted by Crippen LogP contribution is -2.20. The van der Waals surface area contributed by atoms with Crippen molar-refractivity contribution in [3.05, 3.63) is 0 Å². The predicted octanol–water partition coefficient (Wildman–Crippen LogP) is 1.34. The van der Waals surface area contributed by atoms with E-state index in [0.717, 1.165) is 18.8 Å². The molecule has 11 heavy (non-hydrogen) atoms. The Balaban J connectivity index is 2.08. The van der Waals surface area contributed by atoms with E-state index in [-0.39, 0.29) is 5.92 Å². The minimum absolute atomic E-state index is 0.0775. The van der Waals surface area contributed by atoms with Crippen LogP contribution in [0.4, 0.5) is 0 Å². The Hall–Kier alpha value is -0.370. The molecule has 1 unspecified atom stereocenters. The summed E-state index contributed by atoms with van der Waals surface area (Å²) in [6.45, 7) is 2.42. The Kier molecular flexibility index (Phi) is 3.06. The van der Waals surface area contributed by atoms with Gasteiger partial charge in [-0.1, -0.05) is 19.8 Å². The van der Waals surface area contributed by atoms with Crippen molar-refractivity contribution in [2.75, 3.05) is 6.54 Å². The first-order valence-electron chi connectivity index (χ1n) is 4.46. The summed E-state index contributed by atoms with van der Waals surface area (Å²) in [5.41, 5.74) is 5.37. The maximum Gasteiger partial charge on any atom is 0.136 e. The van der Waals surface area contributed by atoms with Gasteiger partial charge in [0.15, 0.2) is 0 Å². The fraction of sp³-hybridized carbons (Fsp3) is 0.889. The lowest BCUT2D eigenvalue weighted by Gasteiger charge is -2.05. The van der Waals surface area contributed by atoms with Crippen molar-refractivity contribution < 1.29 is 4.79 Å². The van der Waals surface area contributed by atoms with Crippen molar-refractivity contribution in [3.63, 3.8) is 0 Å². The molecule has 1 saturated carbocycles. The van der Waals surface area contributed by atoms with Crippen molar-refractivity contribution in [1.82, 2.24) is 0 Å². The highest BCUT2D eigenvalue weighted by Crippen LogP contribution is 2.33. The van der Waals surface area contributed by atoms with E-state index in [1.807, 2.05) is 6.92 Å². The zero-order valence-corrected chi connectivity index (χ0v) is 7.18. The zero-order chi connectivity index (χ0) is 8.27. The van der Waals surface area contributed by atoms with Gasteiger partial charge in [-0.3, -0.25) is 4.79 Å². The molecule has 1 fully saturated rings. The maximum absolute atomic E-state index is 11.2. The second kappa shape index (κ2) is 3.86. The molecule has 0 aromatic heterocycles. The summed E-state index contributed by atoms with van der Waals surface area (Å²) in [5.74, 6) is 1.29. The van der Waals surface area contributed by atoms with Crippen molar-refractivity contribution >= 4 is 5.78 Å². The molecule has 0 aromatic rings. The van der Waals surface area contributed by atoms with E-state index in [1.54, 1.807) is 0 Å². The Morgan fingerprint density at radius 2 is 2.27 bits per heavy atom. The van der Waals surface area contributed by atoms with Gasteiger partial charge >= 0.3 is 0 Å². The Bertz CT molecular complexity index is 140. The third kappa shape index (κ3) is 3.02. The van der Waals surface area contributed by atoms with Gasteiger partial charge in [-0.25, -0.2) is 0 Å². The highest BCUT2D eigenvalue weighted by atomic mass is 16.1. The van der Waals surface area contributed by atoms with Gasteiger partial charge in [-0.2, -0.15) is 0 Å². The molecule has 0 spiro atoms. The summed E-state index contributed by atoms with van der Waals surface area (Å²) in [6, 6.07) is 0. The summed E-state index contributed by atoms with van der Waals surface area (Å²) in [7, 11) is 0. The van der Waals surface area contributed by atoms with Crippen LogP contribution in [0.25, 0.3) is 0 Å². The lowest BCUT2D eigenvalue weighted by atomic mass is 10.0. The van der Waals surface area contributed by atoms with Crippen molar-refractivity contribution in [3.8, 4) is 0 Å². The van der Waals surface area contributed by atoms with E-state index in [1.165, 1.54) is 12.8 Å². The summed E-state index contributed by atoms with van der Waals surface area (Å²) in [6.07, 6.45) is 4.53. The second-order valence-electron chi connectivity index (χ2n) is 3.59. The standard InChI is InChI=1S/C9H17NO/c1-7(6-10)9(11)5-4-8-2-3-8/h7-8H,2-6,10H2,1H3. The summed E-state index contributed by atoms with van der Waals surface area (Å²) < 4.78 is 0. The number of Topliss-reactive ketones (excluding diaryl/α,β-unsaturated/α-hetero) is 1. The van der Waals surface area contributed by atoms with E-state index in [9.17, 15) is 4.79 Å². The van der Waals surface area contributed by atoms with Crippen LogP contribution in [-0.2, 0) is 4.79 Å². The first-order chi connectivity index (χ1) is 5.24. The van der Waals surface area contributed by atoms with Gasteiger partial charge in [0.1, 0.15) is 5.78 Å². The number of hydrogen-bond donors (Lipinski definition) is 1. The fourth-order valence-electron chi connectivity index (χ4n) is 1.13. The molecule has 0 radical (unpaired) electrons. The lowest BCUT2D eigenvalue weighted by molar-refractivity contribution is -0.122. The van der Waals surface area contributed by atoms with Crippen LogP contribution >= 0.6 is 0 Å². The van der Waals surface area contributed by atoms with Crippen LogP contribution in [0.5, 0.6) is 0 Å². The minimum Gasteiger partial charge on any atom is -0.330 e. The molecule has 2 N–H and O–H groups in total. The van der Waals surface area contributed by atoms with E-state index < -0.39 is 0 Å². The quantitative estimate of drug-likeness (QED) is 0.651. The zero-order valence-electron chi connectivity index (χ0n) is 7.18. The molecule has 2 heteroatoms. The summed E-state index contributed by atoms with van der Waals surface area (Å²) in [5, 5.41) is 0. The SMILES string of the molecule is CC(CN)C(=O)CCC1CC1. The van der Waals surface area contributed by atoms with E-state index in [0.29, 0.717) is 12.3 Å².